The first kappa shape index (κ1) is 9.43. The molecule has 2 N–H and O–H groups in total. The van der Waals surface area contributed by atoms with Gasteiger partial charge in [-0.05, 0) is 18.2 Å². The van der Waals surface area contributed by atoms with E-state index in [1.165, 1.54) is 18.2 Å². The summed E-state index contributed by atoms with van der Waals surface area (Å²) in [5.41, 5.74) is 0.560. The van der Waals surface area contributed by atoms with Crippen LogP contribution in [0.5, 0.6) is 5.75 Å². The monoisotopic (exact) mass is 197 g/mol. The lowest BCUT2D eigenvalue weighted by Crippen LogP contribution is -2.34. The van der Waals surface area contributed by atoms with Crippen LogP contribution in [0.3, 0.4) is 0 Å². The summed E-state index contributed by atoms with van der Waals surface area (Å²) in [6.45, 7) is 1.85. The first-order valence-corrected chi connectivity index (χ1v) is 4.57. The van der Waals surface area contributed by atoms with E-state index in [9.17, 15) is 9.50 Å². The highest BCUT2D eigenvalue weighted by Gasteiger charge is 2.18. The van der Waals surface area contributed by atoms with Crippen molar-refractivity contribution in [1.29, 1.82) is 0 Å². The first-order chi connectivity index (χ1) is 6.77. The minimum atomic E-state index is -0.342. The zero-order valence-electron chi connectivity index (χ0n) is 7.66. The number of hydrogen-bond acceptors (Lipinski definition) is 3. The fourth-order valence-electron chi connectivity index (χ4n) is 1.57. The Morgan fingerprint density at radius 2 is 2.36 bits per heavy atom. The van der Waals surface area contributed by atoms with Gasteiger partial charge in [0, 0.05) is 12.1 Å². The highest BCUT2D eigenvalue weighted by atomic mass is 19.1. The highest BCUT2D eigenvalue weighted by molar-refractivity contribution is 5.35. The molecule has 76 valence electrons. The molecule has 0 aromatic heterocycles. The van der Waals surface area contributed by atoms with Gasteiger partial charge in [0.2, 0.25) is 0 Å². The fourth-order valence-corrected chi connectivity index (χ4v) is 1.57. The molecule has 1 aromatic carbocycles. The molecule has 1 aliphatic rings. The van der Waals surface area contributed by atoms with E-state index in [-0.39, 0.29) is 17.6 Å². The molecule has 1 fully saturated rings. The minimum absolute atomic E-state index is 0.106. The van der Waals surface area contributed by atoms with Crippen LogP contribution in [0.15, 0.2) is 18.2 Å². The van der Waals surface area contributed by atoms with Gasteiger partial charge in [0.1, 0.15) is 11.6 Å². The molecule has 1 saturated heterocycles. The molecule has 0 spiro atoms. The summed E-state index contributed by atoms with van der Waals surface area (Å²) in [5, 5.41) is 12.7. The van der Waals surface area contributed by atoms with Gasteiger partial charge < -0.3 is 15.2 Å². The molecule has 0 amide bonds. The maximum Gasteiger partial charge on any atom is 0.123 e. The molecule has 0 aliphatic carbocycles. The average molecular weight is 197 g/mol. The molecule has 0 saturated carbocycles. The van der Waals surface area contributed by atoms with Gasteiger partial charge in [-0.25, -0.2) is 4.39 Å². The molecule has 1 heterocycles. The lowest BCUT2D eigenvalue weighted by atomic mass is 10.1. The van der Waals surface area contributed by atoms with Gasteiger partial charge in [-0.1, -0.05) is 0 Å². The molecule has 0 bridgehead atoms. The summed E-state index contributed by atoms with van der Waals surface area (Å²) >= 11 is 0. The van der Waals surface area contributed by atoms with Gasteiger partial charge >= 0.3 is 0 Å². The van der Waals surface area contributed by atoms with Gasteiger partial charge in [0.05, 0.1) is 19.3 Å². The van der Waals surface area contributed by atoms with Crippen molar-refractivity contribution < 1.29 is 14.2 Å². The minimum Gasteiger partial charge on any atom is -0.508 e. The molecule has 1 aromatic rings. The Kier molecular flexibility index (Phi) is 2.65. The quantitative estimate of drug-likeness (QED) is 0.710. The largest absolute Gasteiger partial charge is 0.508 e. The van der Waals surface area contributed by atoms with E-state index >= 15 is 0 Å². The Morgan fingerprint density at radius 3 is 3.07 bits per heavy atom. The SMILES string of the molecule is Oc1ccc(F)cc1[C@H]1COCCN1. The van der Waals surface area contributed by atoms with Crippen LogP contribution in [0.2, 0.25) is 0 Å². The van der Waals surface area contributed by atoms with Crippen molar-refractivity contribution >= 4 is 0 Å². The van der Waals surface area contributed by atoms with E-state index in [4.69, 9.17) is 4.74 Å². The van der Waals surface area contributed by atoms with Crippen molar-refractivity contribution in [3.05, 3.63) is 29.6 Å². The standard InChI is InChI=1S/C10H12FNO2/c11-7-1-2-10(13)8(5-7)9-6-14-4-3-12-9/h1-2,5,9,12-13H,3-4,6H2/t9-/m1/s1. The molecule has 4 heteroatoms. The Hall–Kier alpha value is -1.13. The number of aromatic hydroxyl groups is 1. The second-order valence-electron chi connectivity index (χ2n) is 3.28. The fraction of sp³-hybridized carbons (Fsp3) is 0.400. The Labute approximate surface area is 81.5 Å². The van der Waals surface area contributed by atoms with E-state index < -0.39 is 0 Å². The number of rotatable bonds is 1. The van der Waals surface area contributed by atoms with Gasteiger partial charge in [-0.15, -0.1) is 0 Å². The van der Waals surface area contributed by atoms with Crippen LogP contribution in [0.1, 0.15) is 11.6 Å². The van der Waals surface area contributed by atoms with Crippen molar-refractivity contribution in [2.45, 2.75) is 6.04 Å². The van der Waals surface area contributed by atoms with Crippen molar-refractivity contribution in [3.8, 4) is 5.75 Å². The number of phenols is 1. The topological polar surface area (TPSA) is 41.5 Å². The van der Waals surface area contributed by atoms with E-state index in [1.54, 1.807) is 0 Å². The van der Waals surface area contributed by atoms with Gasteiger partial charge in [-0.2, -0.15) is 0 Å². The molecule has 14 heavy (non-hydrogen) atoms. The van der Waals surface area contributed by atoms with Crippen molar-refractivity contribution in [2.75, 3.05) is 19.8 Å². The van der Waals surface area contributed by atoms with Crippen LogP contribution < -0.4 is 5.32 Å². The Morgan fingerprint density at radius 1 is 1.50 bits per heavy atom. The van der Waals surface area contributed by atoms with Gasteiger partial charge in [0.25, 0.3) is 0 Å². The molecular formula is C10H12FNO2. The normalized spacial score (nSPS) is 22.2. The molecule has 1 aliphatic heterocycles. The summed E-state index contributed by atoms with van der Waals surface area (Å²) in [7, 11) is 0. The summed E-state index contributed by atoms with van der Waals surface area (Å²) in [5.74, 6) is -0.237. The van der Waals surface area contributed by atoms with Crippen molar-refractivity contribution in [2.24, 2.45) is 0 Å². The zero-order valence-corrected chi connectivity index (χ0v) is 7.66. The van der Waals surface area contributed by atoms with Crippen LogP contribution in [0.25, 0.3) is 0 Å². The molecule has 3 nitrogen and oxygen atoms in total. The third-order valence-electron chi connectivity index (χ3n) is 2.29. The number of phenolic OH excluding ortho intramolecular Hbond substituents is 1. The summed E-state index contributed by atoms with van der Waals surface area (Å²) < 4.78 is 18.2. The number of benzene rings is 1. The number of ether oxygens (including phenoxy) is 1. The van der Waals surface area contributed by atoms with Crippen LogP contribution in [0.4, 0.5) is 4.39 Å². The van der Waals surface area contributed by atoms with Crippen LogP contribution in [0, 0.1) is 5.82 Å². The number of hydrogen-bond donors (Lipinski definition) is 2. The molecule has 1 atom stereocenters. The zero-order chi connectivity index (χ0) is 9.97. The van der Waals surface area contributed by atoms with E-state index in [1.807, 2.05) is 0 Å². The smallest absolute Gasteiger partial charge is 0.123 e. The molecule has 0 unspecified atom stereocenters. The average Bonchev–Trinajstić information content (AvgIpc) is 2.23. The van der Waals surface area contributed by atoms with E-state index in [0.717, 1.165) is 6.54 Å². The Bertz CT molecular complexity index is 324. The summed E-state index contributed by atoms with van der Waals surface area (Å²) in [6.07, 6.45) is 0. The molecule has 0 radical (unpaired) electrons. The van der Waals surface area contributed by atoms with Crippen molar-refractivity contribution in [1.82, 2.24) is 5.32 Å². The third kappa shape index (κ3) is 1.86. The number of halogens is 1. The molecular weight excluding hydrogens is 185 g/mol. The third-order valence-corrected chi connectivity index (χ3v) is 2.29. The summed E-state index contributed by atoms with van der Waals surface area (Å²) in [6, 6.07) is 3.82. The number of nitrogens with one attached hydrogen (secondary N) is 1. The lowest BCUT2D eigenvalue weighted by molar-refractivity contribution is 0.0760. The van der Waals surface area contributed by atoms with E-state index in [0.29, 0.717) is 18.8 Å². The predicted molar refractivity (Wildman–Crippen MR) is 49.6 cm³/mol. The van der Waals surface area contributed by atoms with Crippen LogP contribution in [-0.4, -0.2) is 24.9 Å². The number of morpholine rings is 1. The highest BCUT2D eigenvalue weighted by Crippen LogP contribution is 2.26. The van der Waals surface area contributed by atoms with Crippen molar-refractivity contribution in [3.63, 3.8) is 0 Å². The van der Waals surface area contributed by atoms with Crippen LogP contribution in [-0.2, 0) is 4.74 Å². The van der Waals surface area contributed by atoms with E-state index in [2.05, 4.69) is 5.32 Å². The van der Waals surface area contributed by atoms with Crippen LogP contribution >= 0.6 is 0 Å². The summed E-state index contributed by atoms with van der Waals surface area (Å²) in [4.78, 5) is 0. The van der Waals surface area contributed by atoms with Gasteiger partial charge in [-0.3, -0.25) is 0 Å². The second-order valence-corrected chi connectivity index (χ2v) is 3.28. The van der Waals surface area contributed by atoms with Gasteiger partial charge in [0.15, 0.2) is 0 Å². The maximum absolute atomic E-state index is 12.9. The predicted octanol–water partition coefficient (Wildman–Crippen LogP) is 1.19. The Balaban J connectivity index is 2.24. The second kappa shape index (κ2) is 3.94. The maximum atomic E-state index is 12.9. The first-order valence-electron chi connectivity index (χ1n) is 4.57. The lowest BCUT2D eigenvalue weighted by Gasteiger charge is -2.24. The molecule has 2 rings (SSSR count).